The van der Waals surface area contributed by atoms with Crippen molar-refractivity contribution in [1.29, 1.82) is 0 Å². The van der Waals surface area contributed by atoms with Gasteiger partial charge in [0.1, 0.15) is 5.76 Å². The van der Waals surface area contributed by atoms with E-state index in [-0.39, 0.29) is 5.97 Å². The van der Waals surface area contributed by atoms with E-state index in [4.69, 9.17) is 4.42 Å². The van der Waals surface area contributed by atoms with Crippen molar-refractivity contribution in [3.05, 3.63) is 29.7 Å². The number of rotatable bonds is 3. The van der Waals surface area contributed by atoms with Gasteiger partial charge < -0.3 is 9.15 Å². The van der Waals surface area contributed by atoms with Gasteiger partial charge in [0.25, 0.3) is 0 Å². The number of carbonyl (C=O) groups excluding carboxylic acids is 1. The van der Waals surface area contributed by atoms with Gasteiger partial charge in [0.2, 0.25) is 0 Å². The first-order chi connectivity index (χ1) is 6.63. The Hall–Kier alpha value is -1.51. The lowest BCUT2D eigenvalue weighted by molar-refractivity contribution is -0.134. The number of hydrogen-bond acceptors (Lipinski definition) is 3. The summed E-state index contributed by atoms with van der Waals surface area (Å²) < 4.78 is 9.69. The summed E-state index contributed by atoms with van der Waals surface area (Å²) >= 11 is 0. The zero-order valence-electron chi connectivity index (χ0n) is 8.61. The summed E-state index contributed by atoms with van der Waals surface area (Å²) in [7, 11) is 1.34. The van der Waals surface area contributed by atoms with Gasteiger partial charge in [0, 0.05) is 6.08 Å². The quantitative estimate of drug-likeness (QED) is 0.548. The Bertz CT molecular complexity index is 334. The maximum Gasteiger partial charge on any atom is 0.330 e. The zero-order chi connectivity index (χ0) is 10.6. The Morgan fingerprint density at radius 1 is 1.57 bits per heavy atom. The smallest absolute Gasteiger partial charge is 0.330 e. The van der Waals surface area contributed by atoms with Crippen LogP contribution in [0.25, 0.3) is 6.08 Å². The first-order valence-electron chi connectivity index (χ1n) is 4.48. The lowest BCUT2D eigenvalue weighted by atomic mass is 10.1. The Balaban J connectivity index is 2.68. The number of carbonyl (C=O) groups is 1. The molecule has 0 amide bonds. The van der Waals surface area contributed by atoms with Gasteiger partial charge in [0.05, 0.1) is 13.4 Å². The van der Waals surface area contributed by atoms with Crippen molar-refractivity contribution in [3.63, 3.8) is 0 Å². The van der Waals surface area contributed by atoms with Crippen LogP contribution in [-0.2, 0) is 9.53 Å². The van der Waals surface area contributed by atoms with Crippen molar-refractivity contribution in [2.45, 2.75) is 19.8 Å². The van der Waals surface area contributed by atoms with Gasteiger partial charge in [-0.1, -0.05) is 13.8 Å². The predicted octanol–water partition coefficient (Wildman–Crippen LogP) is 2.59. The van der Waals surface area contributed by atoms with Crippen molar-refractivity contribution in [1.82, 2.24) is 0 Å². The Morgan fingerprint density at radius 2 is 2.29 bits per heavy atom. The van der Waals surface area contributed by atoms with Crippen LogP contribution in [0.4, 0.5) is 0 Å². The summed E-state index contributed by atoms with van der Waals surface area (Å²) in [5.74, 6) is 0.714. The molecule has 0 fully saturated rings. The highest BCUT2D eigenvalue weighted by molar-refractivity contribution is 5.86. The molecule has 0 spiro atoms. The van der Waals surface area contributed by atoms with E-state index >= 15 is 0 Å². The standard InChI is InChI=1S/C11H14O3/c1-8(2)9-6-10(14-7-9)4-5-11(12)13-3/h4-8H,1-3H3/b5-4+. The maximum absolute atomic E-state index is 10.8. The third-order valence-electron chi connectivity index (χ3n) is 1.89. The van der Waals surface area contributed by atoms with Crippen LogP contribution in [0.3, 0.4) is 0 Å². The fourth-order valence-corrected chi connectivity index (χ4v) is 0.977. The minimum absolute atomic E-state index is 0.382. The van der Waals surface area contributed by atoms with Gasteiger partial charge in [-0.3, -0.25) is 0 Å². The Kier molecular flexibility index (Phi) is 3.51. The average molecular weight is 194 g/mol. The monoisotopic (exact) mass is 194 g/mol. The SMILES string of the molecule is COC(=O)/C=C/c1cc(C(C)C)co1. The van der Waals surface area contributed by atoms with Crippen molar-refractivity contribution >= 4 is 12.0 Å². The van der Waals surface area contributed by atoms with Crippen LogP contribution < -0.4 is 0 Å². The number of ether oxygens (including phenoxy) is 1. The second-order valence-corrected chi connectivity index (χ2v) is 3.29. The lowest BCUT2D eigenvalue weighted by Gasteiger charge is -1.95. The minimum atomic E-state index is -0.382. The summed E-state index contributed by atoms with van der Waals surface area (Å²) in [5.41, 5.74) is 1.12. The van der Waals surface area contributed by atoms with E-state index in [1.54, 1.807) is 12.3 Å². The molecule has 76 valence electrons. The molecule has 0 saturated heterocycles. The van der Waals surface area contributed by atoms with Crippen molar-refractivity contribution in [2.24, 2.45) is 0 Å². The molecule has 0 N–H and O–H groups in total. The van der Waals surface area contributed by atoms with Gasteiger partial charge >= 0.3 is 5.97 Å². The molecule has 1 aromatic rings. The predicted molar refractivity (Wildman–Crippen MR) is 53.8 cm³/mol. The van der Waals surface area contributed by atoms with Crippen LogP contribution in [0, 0.1) is 0 Å². The van der Waals surface area contributed by atoms with Crippen molar-refractivity contribution < 1.29 is 13.9 Å². The zero-order valence-corrected chi connectivity index (χ0v) is 8.61. The molecule has 0 unspecified atom stereocenters. The van der Waals surface area contributed by atoms with Crippen LogP contribution in [-0.4, -0.2) is 13.1 Å². The molecule has 0 radical (unpaired) electrons. The number of esters is 1. The van der Waals surface area contributed by atoms with E-state index in [0.29, 0.717) is 11.7 Å². The van der Waals surface area contributed by atoms with E-state index in [2.05, 4.69) is 18.6 Å². The second-order valence-electron chi connectivity index (χ2n) is 3.29. The largest absolute Gasteiger partial charge is 0.466 e. The summed E-state index contributed by atoms with van der Waals surface area (Å²) in [6, 6.07) is 1.91. The number of hydrogen-bond donors (Lipinski definition) is 0. The van der Waals surface area contributed by atoms with Gasteiger partial charge in [-0.05, 0) is 23.6 Å². The number of furan rings is 1. The molecule has 3 nitrogen and oxygen atoms in total. The van der Waals surface area contributed by atoms with Gasteiger partial charge in [-0.2, -0.15) is 0 Å². The molecule has 0 aliphatic heterocycles. The highest BCUT2D eigenvalue weighted by Gasteiger charge is 2.03. The molecular formula is C11H14O3. The van der Waals surface area contributed by atoms with Crippen LogP contribution in [0.2, 0.25) is 0 Å². The van der Waals surface area contributed by atoms with E-state index in [1.165, 1.54) is 13.2 Å². The molecule has 0 atom stereocenters. The second kappa shape index (κ2) is 4.65. The van der Waals surface area contributed by atoms with E-state index < -0.39 is 0 Å². The third-order valence-corrected chi connectivity index (χ3v) is 1.89. The molecule has 3 heteroatoms. The topological polar surface area (TPSA) is 39.4 Å². The van der Waals surface area contributed by atoms with Crippen molar-refractivity contribution in [3.8, 4) is 0 Å². The molecule has 1 aromatic heterocycles. The molecule has 1 rings (SSSR count). The van der Waals surface area contributed by atoms with Crippen LogP contribution in [0.15, 0.2) is 22.8 Å². The maximum atomic E-state index is 10.8. The normalized spacial score (nSPS) is 11.1. The van der Waals surface area contributed by atoms with E-state index in [9.17, 15) is 4.79 Å². The average Bonchev–Trinajstić information content (AvgIpc) is 2.62. The van der Waals surface area contributed by atoms with Crippen LogP contribution >= 0.6 is 0 Å². The fraction of sp³-hybridized carbons (Fsp3) is 0.364. The summed E-state index contributed by atoms with van der Waals surface area (Å²) in [6.45, 7) is 4.16. The molecule has 0 aliphatic carbocycles. The van der Waals surface area contributed by atoms with Gasteiger partial charge in [0.15, 0.2) is 0 Å². The number of methoxy groups -OCH3 is 1. The highest BCUT2D eigenvalue weighted by atomic mass is 16.5. The van der Waals surface area contributed by atoms with Crippen LogP contribution in [0.5, 0.6) is 0 Å². The molecule has 14 heavy (non-hydrogen) atoms. The summed E-state index contributed by atoms with van der Waals surface area (Å²) in [5, 5.41) is 0. The Morgan fingerprint density at radius 3 is 2.79 bits per heavy atom. The molecule has 1 heterocycles. The van der Waals surface area contributed by atoms with Crippen LogP contribution in [0.1, 0.15) is 31.1 Å². The molecular weight excluding hydrogens is 180 g/mol. The molecule has 0 aliphatic rings. The van der Waals surface area contributed by atoms with Gasteiger partial charge in [-0.25, -0.2) is 4.79 Å². The van der Waals surface area contributed by atoms with E-state index in [1.807, 2.05) is 6.07 Å². The lowest BCUT2D eigenvalue weighted by Crippen LogP contribution is -1.92. The first-order valence-corrected chi connectivity index (χ1v) is 4.48. The third kappa shape index (κ3) is 2.76. The molecule has 0 bridgehead atoms. The van der Waals surface area contributed by atoms with Crippen molar-refractivity contribution in [2.75, 3.05) is 7.11 Å². The van der Waals surface area contributed by atoms with Gasteiger partial charge in [-0.15, -0.1) is 0 Å². The highest BCUT2D eigenvalue weighted by Crippen LogP contribution is 2.18. The molecule has 0 aromatic carbocycles. The Labute approximate surface area is 83.4 Å². The summed E-state index contributed by atoms with van der Waals surface area (Å²) in [4.78, 5) is 10.8. The first kappa shape index (κ1) is 10.6. The minimum Gasteiger partial charge on any atom is -0.466 e. The van der Waals surface area contributed by atoms with E-state index in [0.717, 1.165) is 5.56 Å². The summed E-state index contributed by atoms with van der Waals surface area (Å²) in [6.07, 6.45) is 4.63. The molecule has 0 saturated carbocycles. The fourth-order valence-electron chi connectivity index (χ4n) is 0.977.